The minimum atomic E-state index is -0.355. The highest BCUT2D eigenvalue weighted by atomic mass is 16.5. The summed E-state index contributed by atoms with van der Waals surface area (Å²) in [7, 11) is 0. The summed E-state index contributed by atoms with van der Waals surface area (Å²) in [6, 6.07) is 45.4. The highest BCUT2D eigenvalue weighted by Gasteiger charge is 2.25. The Hall–Kier alpha value is -5.16. The van der Waals surface area contributed by atoms with E-state index in [1.165, 1.54) is 5.56 Å². The molecule has 2 aliphatic rings. The molecule has 5 aromatic rings. The van der Waals surface area contributed by atoms with E-state index in [0.29, 0.717) is 0 Å². The standard InChI is InChI=1S/C34H26N4O/c1-3-11-23(12-4-1)25-15-9-16-26(21-25)32-36-31(24-13-5-2-6-14-24)37-33(38-32)27-17-10-18-28(22-27)34-35-29-19-7-8-20-30(29)39-34/h1-22,31,34-35H,(H,36,37,38). The van der Waals surface area contributed by atoms with Crippen molar-refractivity contribution in [2.45, 2.75) is 12.4 Å². The highest BCUT2D eigenvalue weighted by molar-refractivity contribution is 6.16. The van der Waals surface area contributed by atoms with Gasteiger partial charge in [-0.2, -0.15) is 0 Å². The van der Waals surface area contributed by atoms with Gasteiger partial charge < -0.3 is 15.4 Å². The van der Waals surface area contributed by atoms with Crippen molar-refractivity contribution in [3.63, 3.8) is 0 Å². The number of hydrogen-bond donors (Lipinski definition) is 2. The van der Waals surface area contributed by atoms with Gasteiger partial charge in [0.25, 0.3) is 0 Å². The first kappa shape index (κ1) is 23.0. The highest BCUT2D eigenvalue weighted by Crippen LogP contribution is 2.37. The van der Waals surface area contributed by atoms with Gasteiger partial charge in [0.15, 0.2) is 12.4 Å². The molecule has 5 nitrogen and oxygen atoms in total. The van der Waals surface area contributed by atoms with Crippen molar-refractivity contribution in [1.82, 2.24) is 5.32 Å². The largest absolute Gasteiger partial charge is 0.464 e. The summed E-state index contributed by atoms with van der Waals surface area (Å²) < 4.78 is 6.18. The Balaban J connectivity index is 1.24. The maximum atomic E-state index is 6.18. The maximum absolute atomic E-state index is 6.18. The lowest BCUT2D eigenvalue weighted by atomic mass is 10.0. The van der Waals surface area contributed by atoms with E-state index >= 15 is 0 Å². The van der Waals surface area contributed by atoms with Crippen LogP contribution in [0.1, 0.15) is 34.6 Å². The van der Waals surface area contributed by atoms with Gasteiger partial charge in [-0.15, -0.1) is 0 Å². The predicted molar refractivity (Wildman–Crippen MR) is 157 cm³/mol. The number of nitrogens with one attached hydrogen (secondary N) is 2. The molecule has 2 heterocycles. The van der Waals surface area contributed by atoms with Crippen LogP contribution in [0.4, 0.5) is 5.69 Å². The third-order valence-corrected chi connectivity index (χ3v) is 6.96. The number of ether oxygens (including phenoxy) is 1. The van der Waals surface area contributed by atoms with Crippen LogP contribution in [0.2, 0.25) is 0 Å². The second kappa shape index (κ2) is 9.95. The summed E-state index contributed by atoms with van der Waals surface area (Å²) in [6.45, 7) is 0. The zero-order valence-electron chi connectivity index (χ0n) is 21.2. The smallest absolute Gasteiger partial charge is 0.196 e. The molecule has 2 unspecified atom stereocenters. The third-order valence-electron chi connectivity index (χ3n) is 6.96. The number of anilines is 1. The van der Waals surface area contributed by atoms with Gasteiger partial charge in [0.1, 0.15) is 17.4 Å². The molecule has 39 heavy (non-hydrogen) atoms. The SMILES string of the molecule is c1ccc(-c2cccc(C3=NC(c4ccccc4)N=C(c4cccc(C5Nc6ccccc6O5)c4)N3)c2)cc1. The molecule has 0 aliphatic carbocycles. The molecular formula is C34H26N4O. The first-order valence-electron chi connectivity index (χ1n) is 13.1. The van der Waals surface area contributed by atoms with Gasteiger partial charge in [0, 0.05) is 16.7 Å². The summed E-state index contributed by atoms with van der Waals surface area (Å²) in [5.74, 6) is 2.42. The normalized spacial score (nSPS) is 17.6. The maximum Gasteiger partial charge on any atom is 0.196 e. The van der Waals surface area contributed by atoms with Crippen molar-refractivity contribution in [2.24, 2.45) is 9.98 Å². The van der Waals surface area contributed by atoms with Crippen molar-refractivity contribution in [3.05, 3.63) is 156 Å². The quantitative estimate of drug-likeness (QED) is 0.262. The zero-order chi connectivity index (χ0) is 26.0. The topological polar surface area (TPSA) is 58.0 Å². The molecule has 0 aromatic heterocycles. The summed E-state index contributed by atoms with van der Waals surface area (Å²) >= 11 is 0. The van der Waals surface area contributed by atoms with Crippen molar-refractivity contribution in [2.75, 3.05) is 5.32 Å². The fourth-order valence-electron chi connectivity index (χ4n) is 4.98. The average Bonchev–Trinajstić information content (AvgIpc) is 3.47. The Bertz CT molecular complexity index is 1670. The molecule has 7 rings (SSSR count). The van der Waals surface area contributed by atoms with Crippen LogP contribution in [0.25, 0.3) is 11.1 Å². The van der Waals surface area contributed by atoms with E-state index in [1.54, 1.807) is 0 Å². The van der Waals surface area contributed by atoms with Crippen LogP contribution in [0.15, 0.2) is 143 Å². The van der Waals surface area contributed by atoms with Crippen LogP contribution in [0.5, 0.6) is 5.75 Å². The third kappa shape index (κ3) is 4.66. The van der Waals surface area contributed by atoms with Crippen molar-refractivity contribution >= 4 is 17.4 Å². The number of para-hydroxylation sites is 2. The van der Waals surface area contributed by atoms with Crippen molar-refractivity contribution in [3.8, 4) is 16.9 Å². The Morgan fingerprint density at radius 1 is 0.513 bits per heavy atom. The van der Waals surface area contributed by atoms with Crippen molar-refractivity contribution in [1.29, 1.82) is 0 Å². The van der Waals surface area contributed by atoms with Gasteiger partial charge in [-0.1, -0.05) is 109 Å². The fraction of sp³-hybridized carbons (Fsp3) is 0.0588. The monoisotopic (exact) mass is 506 g/mol. The molecule has 0 fully saturated rings. The first-order chi connectivity index (χ1) is 19.3. The number of rotatable bonds is 5. The molecule has 0 saturated carbocycles. The Morgan fingerprint density at radius 2 is 1.10 bits per heavy atom. The van der Waals surface area contributed by atoms with Crippen LogP contribution in [-0.4, -0.2) is 11.7 Å². The summed E-state index contributed by atoms with van der Waals surface area (Å²) in [5, 5.41) is 7.00. The second-order valence-corrected chi connectivity index (χ2v) is 9.58. The minimum Gasteiger partial charge on any atom is -0.464 e. The molecule has 0 saturated heterocycles. The lowest BCUT2D eigenvalue weighted by Gasteiger charge is -2.23. The second-order valence-electron chi connectivity index (χ2n) is 9.58. The summed E-state index contributed by atoms with van der Waals surface area (Å²) in [5.41, 5.74) is 7.36. The van der Waals surface area contributed by atoms with E-state index in [4.69, 9.17) is 14.7 Å². The van der Waals surface area contributed by atoms with Gasteiger partial charge in [0.05, 0.1) is 5.69 Å². The molecule has 5 heteroatoms. The number of fused-ring (bicyclic) bond motifs is 1. The van der Waals surface area contributed by atoms with Crippen LogP contribution in [0, 0.1) is 0 Å². The lowest BCUT2D eigenvalue weighted by molar-refractivity contribution is 0.260. The number of hydrogen-bond acceptors (Lipinski definition) is 5. The molecule has 2 aliphatic heterocycles. The number of nitrogens with zero attached hydrogens (tertiary/aromatic N) is 2. The molecule has 0 radical (unpaired) electrons. The molecule has 0 bridgehead atoms. The van der Waals surface area contributed by atoms with Gasteiger partial charge in [-0.3, -0.25) is 0 Å². The van der Waals surface area contributed by atoms with Gasteiger partial charge in [-0.05, 0) is 41.0 Å². The molecule has 0 amide bonds. The number of aliphatic imine (C=N–C) groups is 2. The van der Waals surface area contributed by atoms with E-state index in [9.17, 15) is 0 Å². The van der Waals surface area contributed by atoms with Gasteiger partial charge >= 0.3 is 0 Å². The fourth-order valence-corrected chi connectivity index (χ4v) is 4.98. The van der Waals surface area contributed by atoms with E-state index in [-0.39, 0.29) is 12.4 Å². The Kier molecular flexibility index (Phi) is 5.87. The Morgan fingerprint density at radius 3 is 1.87 bits per heavy atom. The van der Waals surface area contributed by atoms with E-state index in [0.717, 1.165) is 50.9 Å². The van der Waals surface area contributed by atoms with Crippen molar-refractivity contribution < 1.29 is 4.74 Å². The molecule has 2 atom stereocenters. The molecule has 0 spiro atoms. The van der Waals surface area contributed by atoms with Gasteiger partial charge in [-0.25, -0.2) is 9.98 Å². The zero-order valence-corrected chi connectivity index (χ0v) is 21.2. The van der Waals surface area contributed by atoms with Crippen LogP contribution in [-0.2, 0) is 0 Å². The minimum absolute atomic E-state index is 0.257. The van der Waals surface area contributed by atoms with E-state index in [2.05, 4.69) is 89.5 Å². The van der Waals surface area contributed by atoms with Crippen LogP contribution >= 0.6 is 0 Å². The Labute approximate surface area is 227 Å². The molecular weight excluding hydrogens is 480 g/mol. The van der Waals surface area contributed by atoms with E-state index in [1.807, 2.05) is 54.6 Å². The van der Waals surface area contributed by atoms with Gasteiger partial charge in [0.2, 0.25) is 0 Å². The van der Waals surface area contributed by atoms with E-state index < -0.39 is 0 Å². The molecule has 188 valence electrons. The number of benzene rings is 5. The summed E-state index contributed by atoms with van der Waals surface area (Å²) in [6.07, 6.45) is -0.612. The van der Waals surface area contributed by atoms with Crippen LogP contribution < -0.4 is 15.4 Å². The first-order valence-corrected chi connectivity index (χ1v) is 13.1. The number of amidine groups is 2. The predicted octanol–water partition coefficient (Wildman–Crippen LogP) is 7.35. The van der Waals surface area contributed by atoms with Crippen LogP contribution in [0.3, 0.4) is 0 Å². The molecule has 2 N–H and O–H groups in total. The molecule has 5 aromatic carbocycles. The lowest BCUT2D eigenvalue weighted by Crippen LogP contribution is -2.36. The average molecular weight is 507 g/mol. The summed E-state index contributed by atoms with van der Waals surface area (Å²) in [4.78, 5) is 10.1.